The maximum atomic E-state index is 12.1. The molecule has 1 aromatic rings. The number of hydrogen-bond acceptors (Lipinski definition) is 4. The molecule has 0 aliphatic carbocycles. The van der Waals surface area contributed by atoms with Crippen LogP contribution < -0.4 is 10.0 Å². The Balaban J connectivity index is 2.30. The molecular formula is C13H18N2O3S. The van der Waals surface area contributed by atoms with Gasteiger partial charge in [-0.2, -0.15) is 0 Å². The Kier molecular flexibility index (Phi) is 3.91. The molecule has 0 saturated carbocycles. The Morgan fingerprint density at radius 3 is 2.79 bits per heavy atom. The number of carbonyl (C=O) groups excluding carboxylic acids is 1. The van der Waals surface area contributed by atoms with Crippen molar-refractivity contribution in [1.82, 2.24) is 10.0 Å². The van der Waals surface area contributed by atoms with E-state index in [-0.39, 0.29) is 0 Å². The van der Waals surface area contributed by atoms with E-state index in [1.165, 1.54) is 0 Å². The zero-order valence-electron chi connectivity index (χ0n) is 11.1. The maximum Gasteiger partial charge on any atom is 0.265 e. The van der Waals surface area contributed by atoms with Crippen LogP contribution in [0.1, 0.15) is 35.3 Å². The quantitative estimate of drug-likeness (QED) is 0.860. The largest absolute Gasteiger partial charge is 0.312 e. The third-order valence-corrected chi connectivity index (χ3v) is 4.95. The minimum Gasteiger partial charge on any atom is -0.312 e. The summed E-state index contributed by atoms with van der Waals surface area (Å²) < 4.78 is 25.6. The molecule has 0 fully saturated rings. The molecule has 104 valence electrons. The molecule has 0 atom stereocenters. The van der Waals surface area contributed by atoms with E-state index in [0.29, 0.717) is 12.1 Å². The lowest BCUT2D eigenvalue weighted by atomic mass is 9.95. The second kappa shape index (κ2) is 5.30. The van der Waals surface area contributed by atoms with E-state index in [9.17, 15) is 13.2 Å². The number of hydrogen-bond donors (Lipinski definition) is 2. The van der Waals surface area contributed by atoms with E-state index in [1.807, 2.05) is 6.07 Å². The molecule has 1 heterocycles. The van der Waals surface area contributed by atoms with Crippen molar-refractivity contribution in [2.75, 3.05) is 6.54 Å². The van der Waals surface area contributed by atoms with Gasteiger partial charge in [-0.1, -0.05) is 12.1 Å². The molecule has 1 aliphatic rings. The van der Waals surface area contributed by atoms with Gasteiger partial charge in [-0.15, -0.1) is 0 Å². The second-order valence-corrected chi connectivity index (χ2v) is 7.13. The van der Waals surface area contributed by atoms with Gasteiger partial charge in [0.05, 0.1) is 5.25 Å². The van der Waals surface area contributed by atoms with Gasteiger partial charge in [0.15, 0.2) is 0 Å². The first kappa shape index (κ1) is 14.0. The van der Waals surface area contributed by atoms with Crippen molar-refractivity contribution >= 4 is 15.9 Å². The van der Waals surface area contributed by atoms with Crippen LogP contribution in [-0.4, -0.2) is 26.1 Å². The van der Waals surface area contributed by atoms with E-state index in [0.717, 1.165) is 24.1 Å². The summed E-state index contributed by atoms with van der Waals surface area (Å²) in [6.45, 7) is 4.60. The molecule has 0 unspecified atom stereocenters. The molecule has 2 rings (SSSR count). The number of benzene rings is 1. The van der Waals surface area contributed by atoms with Crippen molar-refractivity contribution < 1.29 is 13.2 Å². The number of carbonyl (C=O) groups is 1. The van der Waals surface area contributed by atoms with Crippen molar-refractivity contribution in [1.29, 1.82) is 0 Å². The summed E-state index contributed by atoms with van der Waals surface area (Å²) in [5.41, 5.74) is 2.46. The molecule has 6 heteroatoms. The Morgan fingerprint density at radius 2 is 2.11 bits per heavy atom. The minimum absolute atomic E-state index is 0.461. The summed E-state index contributed by atoms with van der Waals surface area (Å²) >= 11 is 0. The summed E-state index contributed by atoms with van der Waals surface area (Å²) in [4.78, 5) is 12.1. The van der Waals surface area contributed by atoms with Crippen molar-refractivity contribution in [3.8, 4) is 0 Å². The fourth-order valence-corrected chi connectivity index (χ4v) is 2.65. The lowest BCUT2D eigenvalue weighted by molar-refractivity contribution is 0.0980. The third-order valence-electron chi connectivity index (χ3n) is 3.24. The average molecular weight is 282 g/mol. The molecule has 1 aliphatic heterocycles. The van der Waals surface area contributed by atoms with Crippen molar-refractivity contribution in [3.63, 3.8) is 0 Å². The van der Waals surface area contributed by atoms with Gasteiger partial charge < -0.3 is 5.32 Å². The summed E-state index contributed by atoms with van der Waals surface area (Å²) in [6, 6.07) is 5.41. The van der Waals surface area contributed by atoms with E-state index in [4.69, 9.17) is 0 Å². The normalized spacial score (nSPS) is 15.1. The second-order valence-electron chi connectivity index (χ2n) is 4.89. The average Bonchev–Trinajstić information content (AvgIpc) is 2.37. The van der Waals surface area contributed by atoms with Gasteiger partial charge in [0.2, 0.25) is 10.0 Å². The molecule has 5 nitrogen and oxygen atoms in total. The maximum absolute atomic E-state index is 12.1. The van der Waals surface area contributed by atoms with Crippen LogP contribution in [0.4, 0.5) is 0 Å². The molecule has 0 bridgehead atoms. The molecule has 1 aromatic carbocycles. The van der Waals surface area contributed by atoms with Crippen molar-refractivity contribution in [2.45, 2.75) is 32.1 Å². The Morgan fingerprint density at radius 1 is 1.37 bits per heavy atom. The van der Waals surface area contributed by atoms with Crippen LogP contribution in [0.3, 0.4) is 0 Å². The lowest BCUT2D eigenvalue weighted by Gasteiger charge is -2.20. The van der Waals surface area contributed by atoms with Crippen LogP contribution in [0.2, 0.25) is 0 Å². The molecule has 0 radical (unpaired) electrons. The summed E-state index contributed by atoms with van der Waals surface area (Å²) in [5, 5.41) is 2.60. The highest BCUT2D eigenvalue weighted by Gasteiger charge is 2.23. The number of rotatable bonds is 3. The van der Waals surface area contributed by atoms with E-state index >= 15 is 0 Å². The SMILES string of the molecule is CC(C)S(=O)(=O)NC(=O)c1cccc2c1CCNC2. The molecule has 0 aromatic heterocycles. The van der Waals surface area contributed by atoms with Gasteiger partial charge in [-0.05, 0) is 44.0 Å². The van der Waals surface area contributed by atoms with Gasteiger partial charge in [-0.25, -0.2) is 13.1 Å². The highest BCUT2D eigenvalue weighted by Crippen LogP contribution is 2.19. The first-order chi connectivity index (χ1) is 8.92. The predicted molar refractivity (Wildman–Crippen MR) is 73.4 cm³/mol. The van der Waals surface area contributed by atoms with E-state index in [1.54, 1.807) is 26.0 Å². The van der Waals surface area contributed by atoms with Crippen LogP contribution in [0, 0.1) is 0 Å². The predicted octanol–water partition coefficient (Wildman–Crippen LogP) is 0.800. The molecular weight excluding hydrogens is 264 g/mol. The van der Waals surface area contributed by atoms with Gasteiger partial charge >= 0.3 is 0 Å². The first-order valence-corrected chi connectivity index (χ1v) is 7.84. The van der Waals surface area contributed by atoms with Gasteiger partial charge in [0.25, 0.3) is 5.91 Å². The molecule has 1 amide bonds. The van der Waals surface area contributed by atoms with Crippen LogP contribution in [-0.2, 0) is 23.0 Å². The standard InChI is InChI=1S/C13H18N2O3S/c1-9(2)19(17,18)15-13(16)12-5-3-4-10-8-14-7-6-11(10)12/h3-5,9,14H,6-8H2,1-2H3,(H,15,16). The number of fused-ring (bicyclic) bond motifs is 1. The summed E-state index contributed by atoms with van der Waals surface area (Å²) in [7, 11) is -3.59. The first-order valence-electron chi connectivity index (χ1n) is 6.29. The Bertz CT molecular complexity index is 594. The number of sulfonamides is 1. The molecule has 19 heavy (non-hydrogen) atoms. The van der Waals surface area contributed by atoms with Gasteiger partial charge in [-0.3, -0.25) is 4.79 Å². The highest BCUT2D eigenvalue weighted by atomic mass is 32.2. The Hall–Kier alpha value is -1.40. The third kappa shape index (κ3) is 2.96. The topological polar surface area (TPSA) is 75.3 Å². The number of amides is 1. The summed E-state index contributed by atoms with van der Waals surface area (Å²) in [5.74, 6) is -0.535. The van der Waals surface area contributed by atoms with Crippen LogP contribution >= 0.6 is 0 Å². The van der Waals surface area contributed by atoms with E-state index < -0.39 is 21.2 Å². The fourth-order valence-electron chi connectivity index (χ4n) is 2.05. The van der Waals surface area contributed by atoms with Crippen LogP contribution in [0.25, 0.3) is 0 Å². The minimum atomic E-state index is -3.59. The van der Waals surface area contributed by atoms with E-state index in [2.05, 4.69) is 10.0 Å². The summed E-state index contributed by atoms with van der Waals surface area (Å²) in [6.07, 6.45) is 0.737. The fraction of sp³-hybridized carbons (Fsp3) is 0.462. The highest BCUT2D eigenvalue weighted by molar-refractivity contribution is 7.90. The molecule has 0 spiro atoms. The van der Waals surface area contributed by atoms with Gasteiger partial charge in [0, 0.05) is 12.1 Å². The van der Waals surface area contributed by atoms with Gasteiger partial charge in [0.1, 0.15) is 0 Å². The van der Waals surface area contributed by atoms with Crippen LogP contribution in [0.15, 0.2) is 18.2 Å². The molecule has 2 N–H and O–H groups in total. The zero-order chi connectivity index (χ0) is 14.0. The van der Waals surface area contributed by atoms with Crippen LogP contribution in [0.5, 0.6) is 0 Å². The lowest BCUT2D eigenvalue weighted by Crippen LogP contribution is -2.37. The van der Waals surface area contributed by atoms with Crippen molar-refractivity contribution in [3.05, 3.63) is 34.9 Å². The van der Waals surface area contributed by atoms with Crippen molar-refractivity contribution in [2.24, 2.45) is 0 Å². The molecule has 0 saturated heterocycles. The Labute approximate surface area is 113 Å². The number of nitrogens with one attached hydrogen (secondary N) is 2. The monoisotopic (exact) mass is 282 g/mol. The smallest absolute Gasteiger partial charge is 0.265 e. The zero-order valence-corrected chi connectivity index (χ0v) is 11.9.